The molecular weight excluding hydrogens is 454 g/mol. The molecule has 2 N–H and O–H groups in total. The molecule has 3 amide bonds. The lowest BCUT2D eigenvalue weighted by molar-refractivity contribution is -0.122. The lowest BCUT2D eigenvalue weighted by Gasteiger charge is -2.17. The average molecular weight is 478 g/mol. The molecule has 0 saturated carbocycles. The average Bonchev–Trinajstić information content (AvgIpc) is 3.23. The van der Waals surface area contributed by atoms with E-state index in [4.69, 9.17) is 16.3 Å². The summed E-state index contributed by atoms with van der Waals surface area (Å²) in [7, 11) is 0. The number of amides is 3. The zero-order valence-electron chi connectivity index (χ0n) is 18.6. The van der Waals surface area contributed by atoms with Gasteiger partial charge in [0.1, 0.15) is 5.75 Å². The van der Waals surface area contributed by atoms with Crippen LogP contribution in [-0.4, -0.2) is 30.9 Å². The molecular formula is C26H24ClN3O4. The number of hydrogen-bond acceptors (Lipinski definition) is 4. The molecule has 0 bridgehead atoms. The quantitative estimate of drug-likeness (QED) is 0.502. The van der Waals surface area contributed by atoms with Crippen molar-refractivity contribution in [3.8, 4) is 5.75 Å². The highest BCUT2D eigenvalue weighted by Gasteiger charge is 2.35. The molecule has 1 aliphatic heterocycles. The van der Waals surface area contributed by atoms with Gasteiger partial charge in [-0.3, -0.25) is 14.4 Å². The zero-order chi connectivity index (χ0) is 24.1. The van der Waals surface area contributed by atoms with Crippen LogP contribution in [0.2, 0.25) is 5.02 Å². The van der Waals surface area contributed by atoms with Gasteiger partial charge in [0.2, 0.25) is 11.8 Å². The number of nitrogens with zero attached hydrogens (tertiary/aromatic N) is 1. The van der Waals surface area contributed by atoms with Gasteiger partial charge >= 0.3 is 0 Å². The molecule has 0 radical (unpaired) electrons. The zero-order valence-corrected chi connectivity index (χ0v) is 19.3. The maximum absolute atomic E-state index is 13.0. The molecule has 1 aliphatic rings. The molecule has 7 nitrogen and oxygen atoms in total. The Morgan fingerprint density at radius 3 is 2.41 bits per heavy atom. The van der Waals surface area contributed by atoms with Crippen molar-refractivity contribution in [1.82, 2.24) is 0 Å². The number of carbonyl (C=O) groups excluding carboxylic acids is 3. The largest absolute Gasteiger partial charge is 0.494 e. The van der Waals surface area contributed by atoms with E-state index >= 15 is 0 Å². The van der Waals surface area contributed by atoms with E-state index in [2.05, 4.69) is 10.6 Å². The first-order valence-electron chi connectivity index (χ1n) is 10.9. The fourth-order valence-corrected chi connectivity index (χ4v) is 3.90. The van der Waals surface area contributed by atoms with Crippen molar-refractivity contribution in [1.29, 1.82) is 0 Å². The molecule has 1 atom stereocenters. The van der Waals surface area contributed by atoms with Gasteiger partial charge in [-0.1, -0.05) is 23.7 Å². The number of nitrogens with one attached hydrogen (secondary N) is 2. The number of anilines is 3. The van der Waals surface area contributed by atoms with Gasteiger partial charge in [0.05, 0.1) is 23.8 Å². The lowest BCUT2D eigenvalue weighted by Crippen LogP contribution is -2.28. The summed E-state index contributed by atoms with van der Waals surface area (Å²) in [6.07, 6.45) is 0.0954. The van der Waals surface area contributed by atoms with Gasteiger partial charge in [0.25, 0.3) is 5.91 Å². The summed E-state index contributed by atoms with van der Waals surface area (Å²) >= 11 is 5.90. The van der Waals surface area contributed by atoms with E-state index in [1.807, 2.05) is 6.92 Å². The molecule has 174 valence electrons. The minimum atomic E-state index is -0.536. The van der Waals surface area contributed by atoms with Crippen molar-refractivity contribution in [2.45, 2.75) is 13.3 Å². The van der Waals surface area contributed by atoms with Crippen LogP contribution in [0, 0.1) is 5.92 Å². The first kappa shape index (κ1) is 23.3. The lowest BCUT2D eigenvalue weighted by atomic mass is 10.1. The van der Waals surface area contributed by atoms with Crippen LogP contribution in [0.3, 0.4) is 0 Å². The van der Waals surface area contributed by atoms with Gasteiger partial charge in [-0.25, -0.2) is 0 Å². The van der Waals surface area contributed by atoms with Crippen LogP contribution >= 0.6 is 11.6 Å². The van der Waals surface area contributed by atoms with Crippen molar-refractivity contribution in [2.75, 3.05) is 28.7 Å². The number of benzene rings is 3. The molecule has 1 heterocycles. The van der Waals surface area contributed by atoms with E-state index in [1.54, 1.807) is 77.7 Å². The van der Waals surface area contributed by atoms with E-state index < -0.39 is 5.92 Å². The summed E-state index contributed by atoms with van der Waals surface area (Å²) in [4.78, 5) is 40.0. The first-order chi connectivity index (χ1) is 16.4. The van der Waals surface area contributed by atoms with Crippen molar-refractivity contribution >= 4 is 46.4 Å². The normalized spacial score (nSPS) is 15.2. The van der Waals surface area contributed by atoms with Gasteiger partial charge in [-0.2, -0.15) is 0 Å². The molecule has 3 aromatic carbocycles. The Balaban J connectivity index is 1.43. The molecule has 34 heavy (non-hydrogen) atoms. The van der Waals surface area contributed by atoms with E-state index in [1.165, 1.54) is 0 Å². The predicted octanol–water partition coefficient (Wildman–Crippen LogP) is 4.98. The maximum Gasteiger partial charge on any atom is 0.257 e. The SMILES string of the molecule is CCOc1ccc(N2CC(C(=O)Nc3ccccc3C(=O)Nc3ccc(Cl)cc3)CC2=O)cc1. The smallest absolute Gasteiger partial charge is 0.257 e. The molecule has 1 saturated heterocycles. The van der Waals surface area contributed by atoms with Crippen LogP contribution in [0.25, 0.3) is 0 Å². The highest BCUT2D eigenvalue weighted by Crippen LogP contribution is 2.28. The van der Waals surface area contributed by atoms with E-state index in [0.717, 1.165) is 5.75 Å². The summed E-state index contributed by atoms with van der Waals surface area (Å²) < 4.78 is 5.44. The fourth-order valence-electron chi connectivity index (χ4n) is 3.78. The number of rotatable bonds is 7. The highest BCUT2D eigenvalue weighted by atomic mass is 35.5. The van der Waals surface area contributed by atoms with Crippen LogP contribution in [0.4, 0.5) is 17.1 Å². The fraction of sp³-hybridized carbons (Fsp3) is 0.192. The second-order valence-electron chi connectivity index (χ2n) is 7.83. The van der Waals surface area contributed by atoms with Crippen molar-refractivity contribution in [3.05, 3.63) is 83.4 Å². The minimum Gasteiger partial charge on any atom is -0.494 e. The number of halogens is 1. The maximum atomic E-state index is 13.0. The second-order valence-corrected chi connectivity index (χ2v) is 8.26. The Labute approximate surface area is 202 Å². The molecule has 0 aliphatic carbocycles. The molecule has 3 aromatic rings. The number of ether oxygens (including phenoxy) is 1. The van der Waals surface area contributed by atoms with Crippen molar-refractivity contribution < 1.29 is 19.1 Å². The topological polar surface area (TPSA) is 87.7 Å². The van der Waals surface area contributed by atoms with Crippen LogP contribution in [0.15, 0.2) is 72.8 Å². The van der Waals surface area contributed by atoms with Gasteiger partial charge in [0, 0.05) is 29.4 Å². The van der Waals surface area contributed by atoms with Gasteiger partial charge in [-0.15, -0.1) is 0 Å². The molecule has 8 heteroatoms. The third-order valence-electron chi connectivity index (χ3n) is 5.49. The minimum absolute atomic E-state index is 0.0954. The molecule has 0 aromatic heterocycles. The van der Waals surface area contributed by atoms with Gasteiger partial charge in [0.15, 0.2) is 0 Å². The number of hydrogen-bond donors (Lipinski definition) is 2. The van der Waals surface area contributed by atoms with Crippen molar-refractivity contribution in [2.24, 2.45) is 5.92 Å². The van der Waals surface area contributed by atoms with Crippen LogP contribution in [0.1, 0.15) is 23.7 Å². The molecule has 4 rings (SSSR count). The highest BCUT2D eigenvalue weighted by molar-refractivity contribution is 6.30. The second kappa shape index (κ2) is 10.4. The van der Waals surface area contributed by atoms with E-state index in [-0.39, 0.29) is 30.7 Å². The van der Waals surface area contributed by atoms with Crippen molar-refractivity contribution in [3.63, 3.8) is 0 Å². The summed E-state index contributed by atoms with van der Waals surface area (Å²) in [5, 5.41) is 6.19. The number of carbonyl (C=O) groups is 3. The summed E-state index contributed by atoms with van der Waals surface area (Å²) in [6.45, 7) is 2.72. The molecule has 1 fully saturated rings. The third-order valence-corrected chi connectivity index (χ3v) is 5.74. The monoisotopic (exact) mass is 477 g/mol. The predicted molar refractivity (Wildman–Crippen MR) is 133 cm³/mol. The Bertz CT molecular complexity index is 1200. The summed E-state index contributed by atoms with van der Waals surface area (Å²) in [6, 6.07) is 20.7. The first-order valence-corrected chi connectivity index (χ1v) is 11.3. The molecule has 0 spiro atoms. The van der Waals surface area contributed by atoms with Crippen LogP contribution in [0.5, 0.6) is 5.75 Å². The summed E-state index contributed by atoms with van der Waals surface area (Å²) in [5.74, 6) is -0.615. The number of para-hydroxylation sites is 1. The Morgan fingerprint density at radius 2 is 1.71 bits per heavy atom. The Morgan fingerprint density at radius 1 is 1.00 bits per heavy atom. The van der Waals surface area contributed by atoms with Crippen LogP contribution < -0.4 is 20.3 Å². The Kier molecular flexibility index (Phi) is 7.13. The van der Waals surface area contributed by atoms with E-state index in [9.17, 15) is 14.4 Å². The third kappa shape index (κ3) is 5.38. The summed E-state index contributed by atoms with van der Waals surface area (Å²) in [5.41, 5.74) is 2.00. The standard InChI is InChI=1S/C26H24ClN3O4/c1-2-34-21-13-11-20(12-14-21)30-16-17(15-24(30)31)25(32)29-23-6-4-3-5-22(23)26(33)28-19-9-7-18(27)8-10-19/h3-14,17H,2,15-16H2,1H3,(H,28,33)(H,29,32). The Hall–Kier alpha value is -3.84. The van der Waals surface area contributed by atoms with Gasteiger partial charge < -0.3 is 20.3 Å². The van der Waals surface area contributed by atoms with Gasteiger partial charge in [-0.05, 0) is 67.6 Å². The van der Waals surface area contributed by atoms with E-state index in [0.29, 0.717) is 34.3 Å². The van der Waals surface area contributed by atoms with Crippen LogP contribution in [-0.2, 0) is 9.59 Å². The molecule has 1 unspecified atom stereocenters.